The van der Waals surface area contributed by atoms with Crippen LogP contribution in [0.2, 0.25) is 0 Å². The Morgan fingerprint density at radius 3 is 2.67 bits per heavy atom. The largest absolute Gasteiger partial charge is 0.477 e. The molecule has 4 heteroatoms. The van der Waals surface area contributed by atoms with Gasteiger partial charge >= 0.3 is 5.97 Å². The van der Waals surface area contributed by atoms with Gasteiger partial charge in [-0.25, -0.2) is 4.79 Å². The highest BCUT2D eigenvalue weighted by atomic mass is 16.4. The van der Waals surface area contributed by atoms with E-state index in [9.17, 15) is 4.79 Å². The van der Waals surface area contributed by atoms with E-state index in [1.807, 2.05) is 30.7 Å². The number of carboxylic acid groups (broad SMARTS) is 1. The number of aliphatic carboxylic acids is 1. The minimum atomic E-state index is -0.854. The van der Waals surface area contributed by atoms with Gasteiger partial charge in [0, 0.05) is 19.8 Å². The lowest BCUT2D eigenvalue weighted by atomic mass is 10.4. The monoisotopic (exact) mass is 170 g/mol. The molecule has 0 aromatic heterocycles. The second kappa shape index (κ2) is 3.05. The third-order valence-corrected chi connectivity index (χ3v) is 2.24. The second-order valence-corrected chi connectivity index (χ2v) is 2.90. The first-order valence-corrected chi connectivity index (χ1v) is 4.01. The average molecular weight is 170 g/mol. The number of hydrogen-bond donors (Lipinski definition) is 1. The molecule has 0 saturated heterocycles. The van der Waals surface area contributed by atoms with Gasteiger partial charge in [-0.05, 0) is 13.8 Å². The lowest BCUT2D eigenvalue weighted by molar-refractivity contribution is -0.134. The highest BCUT2D eigenvalue weighted by molar-refractivity contribution is 5.86. The van der Waals surface area contributed by atoms with Crippen molar-refractivity contribution in [3.63, 3.8) is 0 Å². The molecule has 1 aliphatic heterocycles. The Hall–Kier alpha value is -1.19. The van der Waals surface area contributed by atoms with Gasteiger partial charge in [0.25, 0.3) is 0 Å². The Morgan fingerprint density at radius 2 is 2.33 bits per heavy atom. The highest BCUT2D eigenvalue weighted by Crippen LogP contribution is 2.20. The van der Waals surface area contributed by atoms with Gasteiger partial charge in [-0.1, -0.05) is 0 Å². The molecule has 0 amide bonds. The molecule has 0 fully saturated rings. The molecule has 68 valence electrons. The molecular formula is C8H14N2O2. The van der Waals surface area contributed by atoms with E-state index in [0.29, 0.717) is 5.70 Å². The summed E-state index contributed by atoms with van der Waals surface area (Å²) in [5.41, 5.74) is 0.382. The van der Waals surface area contributed by atoms with E-state index < -0.39 is 5.97 Å². The number of nitrogens with zero attached hydrogens (tertiary/aromatic N) is 2. The van der Waals surface area contributed by atoms with Crippen LogP contribution in [-0.4, -0.2) is 40.6 Å². The molecule has 1 aliphatic rings. The summed E-state index contributed by atoms with van der Waals surface area (Å²) in [6.45, 7) is 4.66. The summed E-state index contributed by atoms with van der Waals surface area (Å²) in [6.07, 6.45) is 1.82. The number of carbonyl (C=O) groups is 1. The molecule has 0 saturated carbocycles. The lowest BCUT2D eigenvalue weighted by Gasteiger charge is -2.27. The zero-order chi connectivity index (χ0) is 9.30. The Balaban J connectivity index is 2.85. The Kier molecular flexibility index (Phi) is 2.26. The van der Waals surface area contributed by atoms with Crippen molar-refractivity contribution in [1.29, 1.82) is 0 Å². The smallest absolute Gasteiger partial charge is 0.353 e. The van der Waals surface area contributed by atoms with Crippen molar-refractivity contribution in [1.82, 2.24) is 9.80 Å². The Labute approximate surface area is 72.1 Å². The number of carboxylic acids is 1. The van der Waals surface area contributed by atoms with Crippen molar-refractivity contribution < 1.29 is 9.90 Å². The van der Waals surface area contributed by atoms with Gasteiger partial charge in [-0.3, -0.25) is 0 Å². The zero-order valence-electron chi connectivity index (χ0n) is 7.61. The predicted octanol–water partition coefficient (Wildman–Crippen LogP) is 0.526. The Morgan fingerprint density at radius 1 is 1.75 bits per heavy atom. The molecule has 12 heavy (non-hydrogen) atoms. The maximum atomic E-state index is 10.7. The third kappa shape index (κ3) is 1.24. The maximum absolute atomic E-state index is 10.7. The van der Waals surface area contributed by atoms with E-state index >= 15 is 0 Å². The minimum absolute atomic E-state index is 0.154. The van der Waals surface area contributed by atoms with E-state index in [-0.39, 0.29) is 6.17 Å². The third-order valence-electron chi connectivity index (χ3n) is 2.24. The first-order valence-electron chi connectivity index (χ1n) is 4.01. The number of likely N-dealkylation sites (N-methyl/N-ethyl adjacent to an activating group) is 1. The molecule has 1 atom stereocenters. The van der Waals surface area contributed by atoms with Crippen LogP contribution < -0.4 is 0 Å². The summed E-state index contributed by atoms with van der Waals surface area (Å²) in [4.78, 5) is 14.5. The molecule has 0 aromatic rings. The van der Waals surface area contributed by atoms with E-state index in [0.717, 1.165) is 6.54 Å². The standard InChI is InChI=1S/C8H14N2O2/c1-4-10-6(2)9(3)5-7(10)8(11)12/h5-6H,4H2,1-3H3,(H,11,12). The lowest BCUT2D eigenvalue weighted by Crippen LogP contribution is -2.36. The molecule has 1 N–H and O–H groups in total. The topological polar surface area (TPSA) is 43.8 Å². The van der Waals surface area contributed by atoms with Gasteiger partial charge in [0.05, 0.1) is 6.17 Å². The van der Waals surface area contributed by atoms with E-state index in [1.165, 1.54) is 0 Å². The van der Waals surface area contributed by atoms with Crippen molar-refractivity contribution >= 4 is 5.97 Å². The van der Waals surface area contributed by atoms with Gasteiger partial charge < -0.3 is 14.9 Å². The maximum Gasteiger partial charge on any atom is 0.353 e. The van der Waals surface area contributed by atoms with Gasteiger partial charge in [0.15, 0.2) is 0 Å². The second-order valence-electron chi connectivity index (χ2n) is 2.90. The van der Waals surface area contributed by atoms with Crippen molar-refractivity contribution in [3.8, 4) is 0 Å². The van der Waals surface area contributed by atoms with E-state index in [2.05, 4.69) is 0 Å². The summed E-state index contributed by atoms with van der Waals surface area (Å²) in [5, 5.41) is 8.81. The van der Waals surface area contributed by atoms with Gasteiger partial charge in [-0.2, -0.15) is 0 Å². The summed E-state index contributed by atoms with van der Waals surface area (Å²) >= 11 is 0. The fourth-order valence-corrected chi connectivity index (χ4v) is 1.41. The molecule has 4 nitrogen and oxygen atoms in total. The van der Waals surface area contributed by atoms with E-state index in [4.69, 9.17) is 5.11 Å². The average Bonchev–Trinajstić information content (AvgIpc) is 2.29. The summed E-state index contributed by atoms with van der Waals surface area (Å²) in [5.74, 6) is -0.854. The van der Waals surface area contributed by atoms with Crippen LogP contribution in [-0.2, 0) is 4.79 Å². The molecule has 0 bridgehead atoms. The quantitative estimate of drug-likeness (QED) is 0.656. The van der Waals surface area contributed by atoms with Crippen molar-refractivity contribution in [2.75, 3.05) is 13.6 Å². The highest BCUT2D eigenvalue weighted by Gasteiger charge is 2.28. The molecule has 1 unspecified atom stereocenters. The van der Waals surface area contributed by atoms with Crippen molar-refractivity contribution in [2.45, 2.75) is 20.0 Å². The van der Waals surface area contributed by atoms with Crippen LogP contribution in [0.3, 0.4) is 0 Å². The molecule has 1 heterocycles. The fraction of sp³-hybridized carbons (Fsp3) is 0.625. The number of rotatable bonds is 2. The normalized spacial score (nSPS) is 22.9. The van der Waals surface area contributed by atoms with Gasteiger partial charge in [0.2, 0.25) is 0 Å². The SMILES string of the molecule is CCN1C(C(=O)O)=CN(C)C1C. The molecule has 0 radical (unpaired) electrons. The fourth-order valence-electron chi connectivity index (χ4n) is 1.41. The first-order chi connectivity index (χ1) is 5.57. The summed E-state index contributed by atoms with van der Waals surface area (Å²) in [6, 6.07) is 0. The molecule has 1 rings (SSSR count). The van der Waals surface area contributed by atoms with Gasteiger partial charge in [0.1, 0.15) is 5.70 Å². The molecular weight excluding hydrogens is 156 g/mol. The van der Waals surface area contributed by atoms with Crippen LogP contribution in [0.15, 0.2) is 11.9 Å². The summed E-state index contributed by atoms with van der Waals surface area (Å²) in [7, 11) is 1.88. The first kappa shape index (κ1) is 8.90. The predicted molar refractivity (Wildman–Crippen MR) is 45.3 cm³/mol. The van der Waals surface area contributed by atoms with Crippen LogP contribution in [0.1, 0.15) is 13.8 Å². The Bertz CT molecular complexity index is 225. The number of hydrogen-bond acceptors (Lipinski definition) is 3. The summed E-state index contributed by atoms with van der Waals surface area (Å²) < 4.78 is 0. The zero-order valence-corrected chi connectivity index (χ0v) is 7.61. The molecule has 0 aromatic carbocycles. The minimum Gasteiger partial charge on any atom is -0.477 e. The van der Waals surface area contributed by atoms with Crippen molar-refractivity contribution in [3.05, 3.63) is 11.9 Å². The van der Waals surface area contributed by atoms with Crippen LogP contribution in [0, 0.1) is 0 Å². The van der Waals surface area contributed by atoms with Crippen molar-refractivity contribution in [2.24, 2.45) is 0 Å². The molecule has 0 spiro atoms. The van der Waals surface area contributed by atoms with E-state index in [1.54, 1.807) is 6.20 Å². The molecule has 0 aliphatic carbocycles. The van der Waals surface area contributed by atoms with Crippen LogP contribution in [0.4, 0.5) is 0 Å². The van der Waals surface area contributed by atoms with Gasteiger partial charge in [-0.15, -0.1) is 0 Å². The van der Waals surface area contributed by atoms with Crippen LogP contribution in [0.5, 0.6) is 0 Å². The van der Waals surface area contributed by atoms with Crippen LogP contribution in [0.25, 0.3) is 0 Å². The van der Waals surface area contributed by atoms with Crippen LogP contribution >= 0.6 is 0 Å².